The van der Waals surface area contributed by atoms with Crippen LogP contribution in [0.2, 0.25) is 5.02 Å². The fourth-order valence-corrected chi connectivity index (χ4v) is 2.17. The third-order valence-electron chi connectivity index (χ3n) is 3.16. The molecule has 1 aromatic rings. The van der Waals surface area contributed by atoms with Gasteiger partial charge in [-0.1, -0.05) is 11.6 Å². The molecule has 120 valence electrons. The van der Waals surface area contributed by atoms with Crippen molar-refractivity contribution in [2.75, 3.05) is 31.1 Å². The van der Waals surface area contributed by atoms with Crippen LogP contribution in [-0.4, -0.2) is 44.0 Å². The molecule has 1 aliphatic heterocycles. The summed E-state index contributed by atoms with van der Waals surface area (Å²) in [6.07, 6.45) is 0. The van der Waals surface area contributed by atoms with E-state index >= 15 is 0 Å². The van der Waals surface area contributed by atoms with Crippen molar-refractivity contribution in [3.05, 3.63) is 28.8 Å². The Balaban J connectivity index is 2.15. The number of anilines is 1. The molecule has 4 N–H and O–H groups in total. The highest BCUT2D eigenvalue weighted by Gasteiger charge is 2.28. The maximum Gasteiger partial charge on any atom is 0.322 e. The van der Waals surface area contributed by atoms with E-state index < -0.39 is 24.9 Å². The van der Waals surface area contributed by atoms with E-state index in [0.29, 0.717) is 23.8 Å². The van der Waals surface area contributed by atoms with E-state index in [1.165, 1.54) is 23.1 Å². The van der Waals surface area contributed by atoms with Crippen molar-refractivity contribution in [3.63, 3.8) is 0 Å². The number of nitrogens with two attached hydrogens (primary N) is 1. The number of alkyl halides is 2. The van der Waals surface area contributed by atoms with Gasteiger partial charge in [0.1, 0.15) is 0 Å². The second kappa shape index (κ2) is 6.45. The number of benzene rings is 1. The number of nitrogens with one attached hydrogen (secondary N) is 2. The van der Waals surface area contributed by atoms with Crippen LogP contribution in [0, 0.1) is 0 Å². The van der Waals surface area contributed by atoms with Crippen LogP contribution < -0.4 is 21.3 Å². The van der Waals surface area contributed by atoms with E-state index in [2.05, 4.69) is 10.6 Å². The molecular formula is C13H15ClF2N4O2. The summed E-state index contributed by atoms with van der Waals surface area (Å²) in [5, 5.41) is 5.01. The zero-order valence-electron chi connectivity index (χ0n) is 11.5. The van der Waals surface area contributed by atoms with E-state index in [1.54, 1.807) is 0 Å². The summed E-state index contributed by atoms with van der Waals surface area (Å²) in [5.41, 5.74) is 5.39. The zero-order chi connectivity index (χ0) is 16.3. The number of carbonyl (C=O) groups excluding carboxylic acids is 2. The summed E-state index contributed by atoms with van der Waals surface area (Å²) in [6.45, 7) is -0.833. The van der Waals surface area contributed by atoms with E-state index in [1.807, 2.05) is 0 Å². The van der Waals surface area contributed by atoms with Gasteiger partial charge in [-0.15, -0.1) is 0 Å². The van der Waals surface area contributed by atoms with E-state index in [4.69, 9.17) is 17.3 Å². The molecule has 0 radical (unpaired) electrons. The van der Waals surface area contributed by atoms with Gasteiger partial charge < -0.3 is 16.4 Å². The highest BCUT2D eigenvalue weighted by molar-refractivity contribution is 6.34. The van der Waals surface area contributed by atoms with Gasteiger partial charge in [0.25, 0.3) is 11.8 Å². The van der Waals surface area contributed by atoms with Crippen LogP contribution in [0.15, 0.2) is 18.2 Å². The van der Waals surface area contributed by atoms with Crippen molar-refractivity contribution in [1.29, 1.82) is 0 Å². The molecule has 0 saturated carbocycles. The molecule has 1 aliphatic rings. The maximum atomic E-state index is 13.0. The molecule has 0 aromatic heterocycles. The summed E-state index contributed by atoms with van der Waals surface area (Å²) >= 11 is 6.03. The number of nitrogens with zero attached hydrogens (tertiary/aromatic N) is 1. The Bertz CT molecular complexity index is 597. The van der Waals surface area contributed by atoms with E-state index in [-0.39, 0.29) is 11.6 Å². The first-order valence-electron chi connectivity index (χ1n) is 6.55. The van der Waals surface area contributed by atoms with Gasteiger partial charge in [0.2, 0.25) is 0 Å². The summed E-state index contributed by atoms with van der Waals surface area (Å²) in [4.78, 5) is 24.9. The molecule has 1 aromatic carbocycles. The first kappa shape index (κ1) is 16.4. The molecule has 0 bridgehead atoms. The third kappa shape index (κ3) is 3.63. The largest absolute Gasteiger partial charge is 0.346 e. The minimum absolute atomic E-state index is 0.131. The number of carbonyl (C=O) groups is 2. The number of rotatable bonds is 5. The van der Waals surface area contributed by atoms with Gasteiger partial charge in [0, 0.05) is 18.7 Å². The van der Waals surface area contributed by atoms with Gasteiger partial charge in [-0.2, -0.15) is 0 Å². The van der Waals surface area contributed by atoms with Gasteiger partial charge in [-0.25, -0.2) is 13.6 Å². The number of amides is 3. The molecule has 1 saturated heterocycles. The van der Waals surface area contributed by atoms with Crippen molar-refractivity contribution in [2.45, 2.75) is 5.92 Å². The lowest BCUT2D eigenvalue weighted by Crippen LogP contribution is -2.41. The van der Waals surface area contributed by atoms with Crippen LogP contribution in [0.3, 0.4) is 0 Å². The van der Waals surface area contributed by atoms with Gasteiger partial charge in [0.15, 0.2) is 0 Å². The molecule has 22 heavy (non-hydrogen) atoms. The molecule has 3 amide bonds. The number of hydrogen-bond acceptors (Lipinski definition) is 3. The molecule has 1 heterocycles. The molecule has 0 aliphatic carbocycles. The summed E-state index contributed by atoms with van der Waals surface area (Å²) in [6, 6.07) is 3.91. The van der Waals surface area contributed by atoms with Crippen molar-refractivity contribution in [3.8, 4) is 0 Å². The van der Waals surface area contributed by atoms with Gasteiger partial charge in [-0.3, -0.25) is 9.69 Å². The Morgan fingerprint density at radius 3 is 2.82 bits per heavy atom. The highest BCUT2D eigenvalue weighted by atomic mass is 35.5. The Morgan fingerprint density at radius 1 is 1.50 bits per heavy atom. The number of urea groups is 1. The molecular weight excluding hydrogens is 318 g/mol. The lowest BCUT2D eigenvalue weighted by molar-refractivity contribution is 0.0118. The quantitative estimate of drug-likeness (QED) is 0.757. The van der Waals surface area contributed by atoms with Gasteiger partial charge in [-0.05, 0) is 18.2 Å². The molecule has 1 fully saturated rings. The maximum absolute atomic E-state index is 13.0. The SMILES string of the molecule is NCC(F)(F)CNC(=O)c1ccc(Cl)c(N2CCNC2=O)c1. The third-order valence-corrected chi connectivity index (χ3v) is 3.48. The smallest absolute Gasteiger partial charge is 0.322 e. The van der Waals surface area contributed by atoms with Crippen LogP contribution in [-0.2, 0) is 0 Å². The monoisotopic (exact) mass is 332 g/mol. The summed E-state index contributed by atoms with van der Waals surface area (Å²) in [5.74, 6) is -3.86. The van der Waals surface area contributed by atoms with Crippen LogP contribution in [0.5, 0.6) is 0 Å². The highest BCUT2D eigenvalue weighted by Crippen LogP contribution is 2.28. The van der Waals surface area contributed by atoms with Crippen LogP contribution in [0.1, 0.15) is 10.4 Å². The zero-order valence-corrected chi connectivity index (χ0v) is 12.3. The standard InChI is InChI=1S/C13H15ClF2N4O2/c14-9-2-1-8(11(21)19-7-13(15,16)6-17)5-10(9)20-4-3-18-12(20)22/h1-2,5H,3-4,6-7,17H2,(H,18,22)(H,19,21). The Kier molecular flexibility index (Phi) is 4.82. The normalized spacial score (nSPS) is 14.9. The fraction of sp³-hybridized carbons (Fsp3) is 0.385. The molecule has 0 atom stereocenters. The van der Waals surface area contributed by atoms with Crippen LogP contribution in [0.25, 0.3) is 0 Å². The first-order valence-corrected chi connectivity index (χ1v) is 6.93. The second-order valence-corrected chi connectivity index (χ2v) is 5.20. The lowest BCUT2D eigenvalue weighted by atomic mass is 10.1. The molecule has 9 heteroatoms. The Morgan fingerprint density at radius 2 is 2.23 bits per heavy atom. The molecule has 0 spiro atoms. The van der Waals surface area contributed by atoms with Crippen molar-refractivity contribution >= 4 is 29.2 Å². The molecule has 6 nitrogen and oxygen atoms in total. The van der Waals surface area contributed by atoms with Crippen molar-refractivity contribution in [2.24, 2.45) is 5.73 Å². The second-order valence-electron chi connectivity index (χ2n) is 4.79. The lowest BCUT2D eigenvalue weighted by Gasteiger charge is -2.18. The topological polar surface area (TPSA) is 87.5 Å². The minimum Gasteiger partial charge on any atom is -0.346 e. The average molecular weight is 333 g/mol. The first-order chi connectivity index (χ1) is 10.3. The number of hydrogen-bond donors (Lipinski definition) is 3. The van der Waals surface area contributed by atoms with Crippen molar-refractivity contribution < 1.29 is 18.4 Å². The minimum atomic E-state index is -3.17. The van der Waals surface area contributed by atoms with Crippen molar-refractivity contribution in [1.82, 2.24) is 10.6 Å². The predicted octanol–water partition coefficient (Wildman–Crippen LogP) is 1.19. The van der Waals surface area contributed by atoms with E-state index in [9.17, 15) is 18.4 Å². The van der Waals surface area contributed by atoms with E-state index in [0.717, 1.165) is 0 Å². The average Bonchev–Trinajstić information content (AvgIpc) is 2.91. The van der Waals surface area contributed by atoms with Crippen LogP contribution in [0.4, 0.5) is 19.3 Å². The Labute approximate surface area is 130 Å². The van der Waals surface area contributed by atoms with Gasteiger partial charge >= 0.3 is 6.03 Å². The number of halogens is 3. The summed E-state index contributed by atoms with van der Waals surface area (Å²) in [7, 11) is 0. The summed E-state index contributed by atoms with van der Waals surface area (Å²) < 4.78 is 26.1. The predicted molar refractivity (Wildman–Crippen MR) is 78.5 cm³/mol. The Hall–Kier alpha value is -1.93. The molecule has 0 unspecified atom stereocenters. The molecule has 2 rings (SSSR count). The van der Waals surface area contributed by atoms with Crippen LogP contribution >= 0.6 is 11.6 Å². The van der Waals surface area contributed by atoms with Gasteiger partial charge in [0.05, 0.1) is 23.8 Å². The fourth-order valence-electron chi connectivity index (χ4n) is 1.95.